The molecule has 0 radical (unpaired) electrons. The van der Waals surface area contributed by atoms with Gasteiger partial charge in [-0.3, -0.25) is 0 Å². The summed E-state index contributed by atoms with van der Waals surface area (Å²) in [5, 5.41) is 18.6. The van der Waals surface area contributed by atoms with Crippen LogP contribution in [-0.4, -0.2) is 48.3 Å². The van der Waals surface area contributed by atoms with Crippen LogP contribution in [0.15, 0.2) is 0 Å². The summed E-state index contributed by atoms with van der Waals surface area (Å²) >= 11 is 0. The van der Waals surface area contributed by atoms with E-state index in [0.29, 0.717) is 0 Å². The standard InChI is InChI=1S/C7H14O4/c1-4-6(9)7(10-2)5(8)3-11-4/h4-9H,3H2,1-2H3. The van der Waals surface area contributed by atoms with Crippen molar-refractivity contribution in [3.8, 4) is 0 Å². The minimum Gasteiger partial charge on any atom is -0.388 e. The molecule has 1 heterocycles. The number of hydrogen-bond donors (Lipinski definition) is 2. The topological polar surface area (TPSA) is 58.9 Å². The lowest BCUT2D eigenvalue weighted by atomic mass is 10.0. The van der Waals surface area contributed by atoms with E-state index in [-0.39, 0.29) is 12.7 Å². The third kappa shape index (κ3) is 1.70. The van der Waals surface area contributed by atoms with Crippen molar-refractivity contribution in [3.63, 3.8) is 0 Å². The van der Waals surface area contributed by atoms with E-state index in [1.165, 1.54) is 7.11 Å². The van der Waals surface area contributed by atoms with Gasteiger partial charge in [0.1, 0.15) is 18.3 Å². The third-order valence-corrected chi connectivity index (χ3v) is 2.00. The molecule has 0 aliphatic carbocycles. The van der Waals surface area contributed by atoms with Crippen LogP contribution in [0.3, 0.4) is 0 Å². The van der Waals surface area contributed by atoms with Crippen LogP contribution in [0.25, 0.3) is 0 Å². The molecule has 1 rings (SSSR count). The van der Waals surface area contributed by atoms with Crippen LogP contribution in [0.5, 0.6) is 0 Å². The summed E-state index contributed by atoms with van der Waals surface area (Å²) in [5.41, 5.74) is 0. The molecule has 11 heavy (non-hydrogen) atoms. The molecule has 66 valence electrons. The molecule has 4 heteroatoms. The van der Waals surface area contributed by atoms with E-state index in [0.717, 1.165) is 0 Å². The first-order chi connectivity index (χ1) is 5.16. The number of aliphatic hydroxyl groups is 2. The SMILES string of the molecule is COC1C(O)COC(C)C1O. The van der Waals surface area contributed by atoms with Crippen molar-refractivity contribution in [3.05, 3.63) is 0 Å². The van der Waals surface area contributed by atoms with Crippen molar-refractivity contribution in [1.29, 1.82) is 0 Å². The van der Waals surface area contributed by atoms with Gasteiger partial charge in [0, 0.05) is 7.11 Å². The smallest absolute Gasteiger partial charge is 0.114 e. The molecule has 0 aromatic rings. The fourth-order valence-electron chi connectivity index (χ4n) is 1.24. The van der Waals surface area contributed by atoms with Crippen LogP contribution in [0.2, 0.25) is 0 Å². The highest BCUT2D eigenvalue weighted by atomic mass is 16.5. The monoisotopic (exact) mass is 162 g/mol. The van der Waals surface area contributed by atoms with Gasteiger partial charge in [0.15, 0.2) is 0 Å². The maximum absolute atomic E-state index is 9.40. The molecule has 0 aromatic carbocycles. The lowest BCUT2D eigenvalue weighted by Gasteiger charge is -2.35. The van der Waals surface area contributed by atoms with Crippen LogP contribution < -0.4 is 0 Å². The Morgan fingerprint density at radius 3 is 2.55 bits per heavy atom. The van der Waals surface area contributed by atoms with E-state index in [4.69, 9.17) is 9.47 Å². The summed E-state index contributed by atoms with van der Waals surface area (Å²) in [7, 11) is 1.47. The molecule has 2 N–H and O–H groups in total. The first-order valence-electron chi connectivity index (χ1n) is 3.67. The first-order valence-corrected chi connectivity index (χ1v) is 3.67. The van der Waals surface area contributed by atoms with Crippen LogP contribution in [0.1, 0.15) is 6.92 Å². The van der Waals surface area contributed by atoms with Crippen LogP contribution >= 0.6 is 0 Å². The zero-order chi connectivity index (χ0) is 8.43. The van der Waals surface area contributed by atoms with Crippen LogP contribution in [-0.2, 0) is 9.47 Å². The molecule has 0 aromatic heterocycles. The Bertz CT molecular complexity index is 128. The molecule has 4 unspecified atom stereocenters. The number of rotatable bonds is 1. The minimum atomic E-state index is -0.733. The van der Waals surface area contributed by atoms with Gasteiger partial charge in [0.2, 0.25) is 0 Å². The molecular formula is C7H14O4. The highest BCUT2D eigenvalue weighted by Crippen LogP contribution is 2.16. The zero-order valence-corrected chi connectivity index (χ0v) is 6.73. The summed E-state index contributed by atoms with van der Waals surface area (Å²) in [4.78, 5) is 0. The maximum atomic E-state index is 9.40. The van der Waals surface area contributed by atoms with Gasteiger partial charge in [-0.25, -0.2) is 0 Å². The van der Waals surface area contributed by atoms with Crippen molar-refractivity contribution in [2.75, 3.05) is 13.7 Å². The van der Waals surface area contributed by atoms with Gasteiger partial charge < -0.3 is 19.7 Å². The summed E-state index contributed by atoms with van der Waals surface area (Å²) in [5.74, 6) is 0. The van der Waals surface area contributed by atoms with E-state index in [1.807, 2.05) is 0 Å². The van der Waals surface area contributed by atoms with E-state index in [9.17, 15) is 10.2 Å². The second-order valence-corrected chi connectivity index (χ2v) is 2.80. The summed E-state index contributed by atoms with van der Waals surface area (Å²) in [6.45, 7) is 1.99. The molecule has 0 spiro atoms. The van der Waals surface area contributed by atoms with E-state index in [2.05, 4.69) is 0 Å². The molecule has 0 bridgehead atoms. The zero-order valence-electron chi connectivity index (χ0n) is 6.73. The fraction of sp³-hybridized carbons (Fsp3) is 1.00. The Labute approximate surface area is 65.7 Å². The van der Waals surface area contributed by atoms with Gasteiger partial charge in [-0.2, -0.15) is 0 Å². The van der Waals surface area contributed by atoms with Gasteiger partial charge in [0.05, 0.1) is 12.7 Å². The van der Waals surface area contributed by atoms with Crippen molar-refractivity contribution < 1.29 is 19.7 Å². The summed E-state index contributed by atoms with van der Waals surface area (Å²) < 4.78 is 9.96. The minimum absolute atomic E-state index is 0.233. The largest absolute Gasteiger partial charge is 0.388 e. The predicted molar refractivity (Wildman–Crippen MR) is 38.2 cm³/mol. The Morgan fingerprint density at radius 1 is 1.45 bits per heavy atom. The maximum Gasteiger partial charge on any atom is 0.114 e. The first kappa shape index (κ1) is 8.93. The highest BCUT2D eigenvalue weighted by molar-refractivity contribution is 4.85. The predicted octanol–water partition coefficient (Wildman–Crippen LogP) is -0.858. The second kappa shape index (κ2) is 3.49. The van der Waals surface area contributed by atoms with Crippen LogP contribution in [0.4, 0.5) is 0 Å². The van der Waals surface area contributed by atoms with Crippen molar-refractivity contribution in [2.45, 2.75) is 31.3 Å². The molecule has 4 nitrogen and oxygen atoms in total. The number of hydrogen-bond acceptors (Lipinski definition) is 4. The summed E-state index contributed by atoms with van der Waals surface area (Å²) in [6.07, 6.45) is -2.22. The lowest BCUT2D eigenvalue weighted by Crippen LogP contribution is -2.52. The number of methoxy groups -OCH3 is 1. The molecule has 1 aliphatic rings. The molecule has 1 aliphatic heterocycles. The molecule has 1 saturated heterocycles. The average Bonchev–Trinajstić information content (AvgIpc) is 1.99. The quantitative estimate of drug-likeness (QED) is 0.527. The van der Waals surface area contributed by atoms with E-state index < -0.39 is 18.3 Å². The normalized spacial score (nSPS) is 45.8. The molecule has 1 fully saturated rings. The van der Waals surface area contributed by atoms with E-state index in [1.54, 1.807) is 6.92 Å². The van der Waals surface area contributed by atoms with Gasteiger partial charge >= 0.3 is 0 Å². The van der Waals surface area contributed by atoms with Crippen molar-refractivity contribution in [2.24, 2.45) is 0 Å². The molecule has 0 saturated carbocycles. The van der Waals surface area contributed by atoms with Gasteiger partial charge in [-0.15, -0.1) is 0 Å². The van der Waals surface area contributed by atoms with E-state index >= 15 is 0 Å². The third-order valence-electron chi connectivity index (χ3n) is 2.00. The lowest BCUT2D eigenvalue weighted by molar-refractivity contribution is -0.190. The molecule has 0 amide bonds. The number of ether oxygens (including phenoxy) is 2. The average molecular weight is 162 g/mol. The number of aliphatic hydroxyl groups excluding tert-OH is 2. The molecular weight excluding hydrogens is 148 g/mol. The van der Waals surface area contributed by atoms with Crippen molar-refractivity contribution >= 4 is 0 Å². The van der Waals surface area contributed by atoms with Crippen LogP contribution in [0, 0.1) is 0 Å². The summed E-state index contributed by atoms with van der Waals surface area (Å²) in [6, 6.07) is 0. The van der Waals surface area contributed by atoms with Gasteiger partial charge in [-0.05, 0) is 6.92 Å². The van der Waals surface area contributed by atoms with Crippen molar-refractivity contribution in [1.82, 2.24) is 0 Å². The van der Waals surface area contributed by atoms with Gasteiger partial charge in [0.25, 0.3) is 0 Å². The Balaban J connectivity index is 2.55. The van der Waals surface area contributed by atoms with Gasteiger partial charge in [-0.1, -0.05) is 0 Å². The second-order valence-electron chi connectivity index (χ2n) is 2.80. The Kier molecular flexibility index (Phi) is 2.84. The molecule has 4 atom stereocenters. The Morgan fingerprint density at radius 2 is 2.09 bits per heavy atom. The fourth-order valence-corrected chi connectivity index (χ4v) is 1.24. The Hall–Kier alpha value is -0.160. The highest BCUT2D eigenvalue weighted by Gasteiger charge is 2.36.